The van der Waals surface area contributed by atoms with Crippen LogP contribution in [0.15, 0.2) is 0 Å². The monoisotopic (exact) mass is 176 g/mol. The molecule has 0 aromatic carbocycles. The van der Waals surface area contributed by atoms with Crippen LogP contribution in [-0.4, -0.2) is 12.2 Å². The molecule has 11 heavy (non-hydrogen) atoms. The highest BCUT2D eigenvalue weighted by atomic mass is 35.5. The predicted octanol–water partition coefficient (Wildman–Crippen LogP) is 3.17. The van der Waals surface area contributed by atoms with Crippen LogP contribution >= 0.6 is 11.6 Å². The van der Waals surface area contributed by atoms with Gasteiger partial charge in [0, 0.05) is 0 Å². The maximum Gasteiger partial charge on any atom is 0.121 e. The molecule has 1 aliphatic rings. The van der Waals surface area contributed by atoms with Crippen LogP contribution < -0.4 is 0 Å². The molecule has 1 rings (SSSR count). The molecule has 0 unspecified atom stereocenters. The first-order valence-electron chi connectivity index (χ1n) is 4.32. The molecular weight excluding hydrogens is 160 g/mol. The molecule has 0 heterocycles. The first-order valence-corrected chi connectivity index (χ1v) is 4.85. The van der Waals surface area contributed by atoms with Gasteiger partial charge in [0.1, 0.15) is 6.07 Å². The van der Waals surface area contributed by atoms with Gasteiger partial charge in [0.25, 0.3) is 0 Å². The number of hydrogen-bond acceptors (Lipinski definition) is 1. The quantitative estimate of drug-likeness (QED) is 0.588. The molecule has 0 aromatic rings. The normalized spacial score (nSPS) is 25.4. The number of halogens is 1. The third-order valence-electron chi connectivity index (χ3n) is 2.58. The average Bonchev–Trinajstić information content (AvgIpc) is 1.94. The SMILES string of the molecule is CC1(C)CCC(OCCl)CC1. The Bertz CT molecular complexity index is 113. The maximum absolute atomic E-state index is 5.48. The van der Waals surface area contributed by atoms with E-state index in [4.69, 9.17) is 16.3 Å². The fourth-order valence-corrected chi connectivity index (χ4v) is 1.81. The zero-order valence-corrected chi connectivity index (χ0v) is 8.16. The van der Waals surface area contributed by atoms with Crippen LogP contribution in [0.3, 0.4) is 0 Å². The Balaban J connectivity index is 2.25. The summed E-state index contributed by atoms with van der Waals surface area (Å²) in [4.78, 5) is 0. The van der Waals surface area contributed by atoms with Gasteiger partial charge in [0.2, 0.25) is 0 Å². The van der Waals surface area contributed by atoms with Crippen molar-refractivity contribution in [2.24, 2.45) is 5.41 Å². The molecule has 0 spiro atoms. The molecule has 1 aliphatic carbocycles. The second-order valence-electron chi connectivity index (χ2n) is 4.14. The lowest BCUT2D eigenvalue weighted by molar-refractivity contribution is 0.0277. The van der Waals surface area contributed by atoms with Gasteiger partial charge in [0.05, 0.1) is 6.10 Å². The molecule has 0 amide bonds. The van der Waals surface area contributed by atoms with Gasteiger partial charge in [-0.15, -0.1) is 0 Å². The minimum absolute atomic E-state index is 0.352. The molecule has 0 atom stereocenters. The second kappa shape index (κ2) is 3.77. The molecule has 1 saturated carbocycles. The summed E-state index contributed by atoms with van der Waals surface area (Å²) in [6.07, 6.45) is 5.34. The van der Waals surface area contributed by atoms with Crippen molar-refractivity contribution in [3.63, 3.8) is 0 Å². The van der Waals surface area contributed by atoms with E-state index in [2.05, 4.69) is 13.8 Å². The molecule has 0 N–H and O–H groups in total. The smallest absolute Gasteiger partial charge is 0.121 e. The lowest BCUT2D eigenvalue weighted by atomic mass is 9.76. The van der Waals surface area contributed by atoms with Crippen molar-refractivity contribution >= 4 is 11.6 Å². The minimum Gasteiger partial charge on any atom is -0.363 e. The Kier molecular flexibility index (Phi) is 3.20. The Labute approximate surface area is 74.1 Å². The largest absolute Gasteiger partial charge is 0.363 e. The van der Waals surface area contributed by atoms with E-state index >= 15 is 0 Å². The van der Waals surface area contributed by atoms with E-state index in [1.54, 1.807) is 0 Å². The van der Waals surface area contributed by atoms with E-state index in [9.17, 15) is 0 Å². The Morgan fingerprint density at radius 1 is 1.36 bits per heavy atom. The summed E-state index contributed by atoms with van der Waals surface area (Å²) < 4.78 is 5.34. The summed E-state index contributed by atoms with van der Waals surface area (Å²) in [7, 11) is 0. The summed E-state index contributed by atoms with van der Waals surface area (Å²) in [5.74, 6) is 0. The van der Waals surface area contributed by atoms with Gasteiger partial charge in [-0.1, -0.05) is 25.4 Å². The van der Waals surface area contributed by atoms with Crippen LogP contribution in [0.2, 0.25) is 0 Å². The lowest BCUT2D eigenvalue weighted by Gasteiger charge is -2.33. The molecule has 66 valence electrons. The summed E-state index contributed by atoms with van der Waals surface area (Å²) >= 11 is 5.48. The van der Waals surface area contributed by atoms with Gasteiger partial charge in [-0.3, -0.25) is 0 Å². The third-order valence-corrected chi connectivity index (χ3v) is 2.71. The van der Waals surface area contributed by atoms with E-state index in [0.29, 0.717) is 17.6 Å². The zero-order chi connectivity index (χ0) is 8.32. The minimum atomic E-state index is 0.352. The molecule has 0 saturated heterocycles. The number of rotatable bonds is 2. The second-order valence-corrected chi connectivity index (χ2v) is 4.36. The standard InChI is InChI=1S/C9H17ClO/c1-9(2)5-3-8(4-6-9)11-7-10/h8H,3-7H2,1-2H3. The van der Waals surface area contributed by atoms with E-state index < -0.39 is 0 Å². The summed E-state index contributed by atoms with van der Waals surface area (Å²) in [6, 6.07) is 0.352. The number of hydrogen-bond donors (Lipinski definition) is 0. The van der Waals surface area contributed by atoms with Crippen molar-refractivity contribution in [3.05, 3.63) is 0 Å². The number of alkyl halides is 1. The van der Waals surface area contributed by atoms with Crippen molar-refractivity contribution in [2.75, 3.05) is 6.07 Å². The van der Waals surface area contributed by atoms with Crippen LogP contribution in [0.5, 0.6) is 0 Å². The maximum atomic E-state index is 5.48. The van der Waals surface area contributed by atoms with E-state index in [0.717, 1.165) is 0 Å². The fourth-order valence-electron chi connectivity index (χ4n) is 1.63. The van der Waals surface area contributed by atoms with Crippen molar-refractivity contribution in [1.82, 2.24) is 0 Å². The van der Waals surface area contributed by atoms with Crippen molar-refractivity contribution in [1.29, 1.82) is 0 Å². The van der Waals surface area contributed by atoms with E-state index in [1.165, 1.54) is 25.7 Å². The van der Waals surface area contributed by atoms with Crippen LogP contribution in [0.4, 0.5) is 0 Å². The summed E-state index contributed by atoms with van der Waals surface area (Å²) in [5.41, 5.74) is 0.534. The molecule has 0 aromatic heterocycles. The molecule has 0 bridgehead atoms. The number of ether oxygens (including phenoxy) is 1. The van der Waals surface area contributed by atoms with Crippen LogP contribution in [0, 0.1) is 5.41 Å². The van der Waals surface area contributed by atoms with Crippen molar-refractivity contribution < 1.29 is 4.74 Å². The lowest BCUT2D eigenvalue weighted by Crippen LogP contribution is -2.26. The highest BCUT2D eigenvalue weighted by molar-refractivity contribution is 6.17. The molecular formula is C9H17ClO. The first kappa shape index (κ1) is 9.34. The molecule has 2 heteroatoms. The van der Waals surface area contributed by atoms with Crippen molar-refractivity contribution in [2.45, 2.75) is 45.6 Å². The summed E-state index contributed by atoms with van der Waals surface area (Å²) in [5, 5.41) is 0. The van der Waals surface area contributed by atoms with E-state index in [-0.39, 0.29) is 0 Å². The highest BCUT2D eigenvalue weighted by Gasteiger charge is 2.26. The molecule has 0 radical (unpaired) electrons. The third kappa shape index (κ3) is 3.00. The Hall–Kier alpha value is 0.250. The fraction of sp³-hybridized carbons (Fsp3) is 1.00. The van der Waals surface area contributed by atoms with Gasteiger partial charge in [0.15, 0.2) is 0 Å². The topological polar surface area (TPSA) is 9.23 Å². The van der Waals surface area contributed by atoms with Crippen LogP contribution in [0.1, 0.15) is 39.5 Å². The van der Waals surface area contributed by atoms with Crippen molar-refractivity contribution in [3.8, 4) is 0 Å². The molecule has 1 fully saturated rings. The summed E-state index contributed by atoms with van der Waals surface area (Å²) in [6.45, 7) is 4.65. The van der Waals surface area contributed by atoms with Crippen LogP contribution in [-0.2, 0) is 4.74 Å². The highest BCUT2D eigenvalue weighted by Crippen LogP contribution is 2.36. The van der Waals surface area contributed by atoms with Gasteiger partial charge in [-0.05, 0) is 31.1 Å². The van der Waals surface area contributed by atoms with Gasteiger partial charge in [-0.25, -0.2) is 0 Å². The Morgan fingerprint density at radius 2 is 1.91 bits per heavy atom. The molecule has 0 aliphatic heterocycles. The predicted molar refractivity (Wildman–Crippen MR) is 47.8 cm³/mol. The first-order chi connectivity index (χ1) is 5.14. The van der Waals surface area contributed by atoms with Gasteiger partial charge >= 0.3 is 0 Å². The Morgan fingerprint density at radius 3 is 2.36 bits per heavy atom. The average molecular weight is 177 g/mol. The zero-order valence-electron chi connectivity index (χ0n) is 7.40. The van der Waals surface area contributed by atoms with E-state index in [1.807, 2.05) is 0 Å². The van der Waals surface area contributed by atoms with Gasteiger partial charge < -0.3 is 4.74 Å². The molecule has 1 nitrogen and oxygen atoms in total. The van der Waals surface area contributed by atoms with Gasteiger partial charge in [-0.2, -0.15) is 0 Å². The van der Waals surface area contributed by atoms with Crippen LogP contribution in [0.25, 0.3) is 0 Å².